The van der Waals surface area contributed by atoms with E-state index in [9.17, 15) is 4.79 Å². The van der Waals surface area contributed by atoms with Gasteiger partial charge in [-0.05, 0) is 54.7 Å². The van der Waals surface area contributed by atoms with Gasteiger partial charge in [0.2, 0.25) is 0 Å². The number of para-hydroxylation sites is 2. The smallest absolute Gasteiger partial charge is 0.280 e. The molecule has 34 heavy (non-hydrogen) atoms. The number of nitrogens with one attached hydrogen (secondary N) is 1. The van der Waals surface area contributed by atoms with Crippen molar-refractivity contribution in [1.82, 2.24) is 14.8 Å². The lowest BCUT2D eigenvalue weighted by Crippen LogP contribution is -2.17. The summed E-state index contributed by atoms with van der Waals surface area (Å²) in [4.78, 5) is 21.5. The average Bonchev–Trinajstić information content (AvgIpc) is 3.19. The van der Waals surface area contributed by atoms with Crippen LogP contribution in [0.1, 0.15) is 49.6 Å². The number of aromatic amines is 1. The Balaban J connectivity index is 0.000000302. The zero-order chi connectivity index (χ0) is 24.3. The van der Waals surface area contributed by atoms with Crippen LogP contribution in [-0.2, 0) is 19.3 Å². The first kappa shape index (κ1) is 24.7. The Morgan fingerprint density at radius 3 is 2.29 bits per heavy atom. The van der Waals surface area contributed by atoms with Crippen molar-refractivity contribution in [3.8, 4) is 5.69 Å². The molecule has 2 aromatic heterocycles. The molecule has 0 bridgehead atoms. The molecule has 6 nitrogen and oxygen atoms in total. The van der Waals surface area contributed by atoms with Gasteiger partial charge >= 0.3 is 0 Å². The molecule has 0 aliphatic heterocycles. The van der Waals surface area contributed by atoms with Gasteiger partial charge in [-0.1, -0.05) is 63.6 Å². The van der Waals surface area contributed by atoms with Crippen molar-refractivity contribution < 1.29 is 0 Å². The number of nitrogens with zero attached hydrogens (tertiary/aromatic N) is 3. The third-order valence-corrected chi connectivity index (χ3v) is 5.55. The molecule has 0 spiro atoms. The number of aryl methyl sites for hydroxylation is 3. The van der Waals surface area contributed by atoms with E-state index >= 15 is 0 Å². The summed E-state index contributed by atoms with van der Waals surface area (Å²) in [6.45, 7) is 6.29. The maximum Gasteiger partial charge on any atom is 0.280 e. The molecular formula is C28H33N5O. The quantitative estimate of drug-likeness (QED) is 0.278. The van der Waals surface area contributed by atoms with Gasteiger partial charge in [0.05, 0.1) is 23.1 Å². The molecule has 0 unspecified atom stereocenters. The van der Waals surface area contributed by atoms with Gasteiger partial charge < -0.3 is 5.73 Å². The summed E-state index contributed by atoms with van der Waals surface area (Å²) in [7, 11) is 0. The van der Waals surface area contributed by atoms with Crippen LogP contribution in [0.15, 0.2) is 82.8 Å². The fourth-order valence-electron chi connectivity index (χ4n) is 3.66. The molecule has 4 aromatic rings. The van der Waals surface area contributed by atoms with Crippen LogP contribution in [0.4, 0.5) is 11.4 Å². The number of rotatable bonds is 7. The van der Waals surface area contributed by atoms with E-state index in [2.05, 4.69) is 48.0 Å². The molecule has 0 saturated heterocycles. The minimum atomic E-state index is -0.103. The van der Waals surface area contributed by atoms with Crippen molar-refractivity contribution in [1.29, 1.82) is 0 Å². The molecular weight excluding hydrogens is 422 g/mol. The number of H-pyrrole nitrogens is 1. The maximum absolute atomic E-state index is 12.9. The van der Waals surface area contributed by atoms with Gasteiger partial charge in [0.25, 0.3) is 5.56 Å². The number of hydrogen-bond acceptors (Lipinski definition) is 4. The van der Waals surface area contributed by atoms with Crippen LogP contribution < -0.4 is 11.3 Å². The Morgan fingerprint density at radius 2 is 1.68 bits per heavy atom. The molecule has 0 saturated carbocycles. The van der Waals surface area contributed by atoms with Crippen molar-refractivity contribution in [2.75, 3.05) is 5.73 Å². The van der Waals surface area contributed by atoms with E-state index in [1.807, 2.05) is 48.5 Å². The lowest BCUT2D eigenvalue weighted by atomic mass is 10.1. The van der Waals surface area contributed by atoms with Gasteiger partial charge in [-0.15, -0.1) is 0 Å². The number of benzene rings is 2. The highest BCUT2D eigenvalue weighted by Crippen LogP contribution is 2.19. The fraction of sp³-hybridized carbons (Fsp3) is 0.250. The van der Waals surface area contributed by atoms with E-state index in [0.717, 1.165) is 48.4 Å². The number of nitrogen functional groups attached to an aromatic ring is 1. The van der Waals surface area contributed by atoms with E-state index in [-0.39, 0.29) is 5.56 Å². The second-order valence-electron chi connectivity index (χ2n) is 7.90. The molecule has 0 fully saturated rings. The van der Waals surface area contributed by atoms with Crippen LogP contribution in [0.3, 0.4) is 0 Å². The Bertz CT molecular complexity index is 1270. The van der Waals surface area contributed by atoms with Gasteiger partial charge in [0.15, 0.2) is 0 Å². The zero-order valence-electron chi connectivity index (χ0n) is 20.2. The standard InChI is InChI=1S/C20H22N4O.C8H11N/c1-3-8-19-17(14-22-18-11-6-5-9-15(18)4-2)20(25)24(23-19)16-10-7-12-21-13-16;1-2-7-5-3-4-6-8(7)9/h5-7,9-14,23H,3-4,8H2,1-2H3;3-6H,2,9H2,1H3. The average molecular weight is 456 g/mol. The first-order chi connectivity index (χ1) is 16.6. The Hall–Kier alpha value is -3.93. The molecule has 0 amide bonds. The van der Waals surface area contributed by atoms with E-state index in [1.54, 1.807) is 18.6 Å². The largest absolute Gasteiger partial charge is 0.399 e. The second-order valence-corrected chi connectivity index (χ2v) is 7.90. The summed E-state index contributed by atoms with van der Waals surface area (Å²) in [5.74, 6) is 0. The number of aromatic nitrogens is 3. The Labute approximate surface area is 201 Å². The molecule has 0 aliphatic carbocycles. The van der Waals surface area contributed by atoms with Crippen LogP contribution in [-0.4, -0.2) is 21.0 Å². The van der Waals surface area contributed by atoms with Crippen molar-refractivity contribution in [3.63, 3.8) is 0 Å². The predicted octanol–water partition coefficient (Wildman–Crippen LogP) is 5.66. The van der Waals surface area contributed by atoms with Crippen molar-refractivity contribution in [2.45, 2.75) is 46.5 Å². The number of hydrogen-bond donors (Lipinski definition) is 2. The summed E-state index contributed by atoms with van der Waals surface area (Å²) < 4.78 is 1.53. The first-order valence-corrected chi connectivity index (χ1v) is 11.8. The topological polar surface area (TPSA) is 89.1 Å². The molecule has 0 aliphatic rings. The summed E-state index contributed by atoms with van der Waals surface area (Å²) in [6, 6.07) is 19.6. The molecule has 2 aromatic carbocycles. The minimum Gasteiger partial charge on any atom is -0.399 e. The fourth-order valence-corrected chi connectivity index (χ4v) is 3.66. The van der Waals surface area contributed by atoms with Crippen LogP contribution in [0.5, 0.6) is 0 Å². The SMILES string of the molecule is CCCc1[nH]n(-c2cccnc2)c(=O)c1C=Nc1ccccc1CC.CCc1ccccc1N. The minimum absolute atomic E-state index is 0.103. The third-order valence-electron chi connectivity index (χ3n) is 5.55. The highest BCUT2D eigenvalue weighted by Gasteiger charge is 2.13. The number of pyridine rings is 1. The Morgan fingerprint density at radius 1 is 0.971 bits per heavy atom. The number of nitrogens with two attached hydrogens (primary N) is 1. The van der Waals surface area contributed by atoms with Gasteiger partial charge in [-0.3, -0.25) is 19.9 Å². The highest BCUT2D eigenvalue weighted by molar-refractivity contribution is 5.83. The highest BCUT2D eigenvalue weighted by atomic mass is 16.1. The normalized spacial score (nSPS) is 10.8. The monoisotopic (exact) mass is 455 g/mol. The number of aliphatic imine (C=N–C) groups is 1. The van der Waals surface area contributed by atoms with E-state index in [0.29, 0.717) is 5.56 Å². The van der Waals surface area contributed by atoms with Crippen LogP contribution >= 0.6 is 0 Å². The first-order valence-electron chi connectivity index (χ1n) is 11.8. The van der Waals surface area contributed by atoms with Gasteiger partial charge in [0, 0.05) is 23.8 Å². The lowest BCUT2D eigenvalue weighted by molar-refractivity contribution is 0.790. The molecule has 6 heteroatoms. The summed E-state index contributed by atoms with van der Waals surface area (Å²) in [6.07, 6.45) is 8.70. The zero-order valence-corrected chi connectivity index (χ0v) is 20.2. The summed E-state index contributed by atoms with van der Waals surface area (Å²) in [5.41, 5.74) is 12.0. The Kier molecular flexibility index (Phi) is 8.97. The van der Waals surface area contributed by atoms with Gasteiger partial charge in [0.1, 0.15) is 0 Å². The van der Waals surface area contributed by atoms with E-state index in [4.69, 9.17) is 5.73 Å². The summed E-state index contributed by atoms with van der Waals surface area (Å²) >= 11 is 0. The van der Waals surface area contributed by atoms with Crippen molar-refractivity contribution >= 4 is 17.6 Å². The molecule has 2 heterocycles. The molecule has 3 N–H and O–H groups in total. The van der Waals surface area contributed by atoms with Crippen LogP contribution in [0, 0.1) is 0 Å². The second kappa shape index (κ2) is 12.3. The molecule has 0 radical (unpaired) electrons. The van der Waals surface area contributed by atoms with Crippen LogP contribution in [0.2, 0.25) is 0 Å². The molecule has 176 valence electrons. The van der Waals surface area contributed by atoms with Crippen molar-refractivity contribution in [2.24, 2.45) is 4.99 Å². The number of anilines is 1. The molecule has 0 atom stereocenters. The maximum atomic E-state index is 12.9. The van der Waals surface area contributed by atoms with Crippen LogP contribution in [0.25, 0.3) is 5.69 Å². The lowest BCUT2D eigenvalue weighted by Gasteiger charge is -2.01. The van der Waals surface area contributed by atoms with Crippen molar-refractivity contribution in [3.05, 3.63) is 106 Å². The van der Waals surface area contributed by atoms with E-state index < -0.39 is 0 Å². The van der Waals surface area contributed by atoms with Gasteiger partial charge in [-0.25, -0.2) is 4.68 Å². The van der Waals surface area contributed by atoms with Gasteiger partial charge in [-0.2, -0.15) is 0 Å². The predicted molar refractivity (Wildman–Crippen MR) is 141 cm³/mol. The summed E-state index contributed by atoms with van der Waals surface area (Å²) in [5, 5.41) is 3.21. The molecule has 4 rings (SSSR count). The third kappa shape index (κ3) is 6.10. The van der Waals surface area contributed by atoms with E-state index in [1.165, 1.54) is 15.8 Å².